The fourth-order valence-electron chi connectivity index (χ4n) is 2.73. The number of aryl methyl sites for hydroxylation is 1. The van der Waals surface area contributed by atoms with E-state index in [0.29, 0.717) is 23.0 Å². The Morgan fingerprint density at radius 2 is 2.00 bits per heavy atom. The summed E-state index contributed by atoms with van der Waals surface area (Å²) in [5.41, 5.74) is 3.41. The van der Waals surface area contributed by atoms with Crippen LogP contribution < -0.4 is 0 Å². The minimum Gasteiger partial charge on any atom is -0.345 e. The molecule has 0 fully saturated rings. The van der Waals surface area contributed by atoms with Crippen LogP contribution in [0.5, 0.6) is 0 Å². The maximum absolute atomic E-state index is 12.6. The highest BCUT2D eigenvalue weighted by atomic mass is 35.5. The first-order valence-corrected chi connectivity index (χ1v) is 8.22. The Morgan fingerprint density at radius 1 is 1.28 bits per heavy atom. The third-order valence-corrected chi connectivity index (χ3v) is 4.28. The van der Waals surface area contributed by atoms with Crippen molar-refractivity contribution in [3.8, 4) is 11.4 Å². The molecule has 0 unspecified atom stereocenters. The molecule has 1 aromatic carbocycles. The van der Waals surface area contributed by atoms with Gasteiger partial charge < -0.3 is 4.57 Å². The highest BCUT2D eigenvalue weighted by molar-refractivity contribution is 6.30. The second-order valence-corrected chi connectivity index (χ2v) is 6.19. The molecule has 0 radical (unpaired) electrons. The summed E-state index contributed by atoms with van der Waals surface area (Å²) in [5.74, 6) is 0.407. The van der Waals surface area contributed by atoms with E-state index < -0.39 is 0 Å². The van der Waals surface area contributed by atoms with Gasteiger partial charge in [0.05, 0.1) is 0 Å². The number of ketones is 1. The molecule has 0 N–H and O–H groups in total. The van der Waals surface area contributed by atoms with E-state index in [1.807, 2.05) is 42.7 Å². The Labute approximate surface area is 150 Å². The summed E-state index contributed by atoms with van der Waals surface area (Å²) in [6, 6.07) is 9.04. The van der Waals surface area contributed by atoms with E-state index in [2.05, 4.69) is 22.0 Å². The van der Waals surface area contributed by atoms with Crippen molar-refractivity contribution >= 4 is 17.4 Å². The zero-order chi connectivity index (χ0) is 18.0. The van der Waals surface area contributed by atoms with Crippen molar-refractivity contribution in [3.63, 3.8) is 0 Å². The normalized spacial score (nSPS) is 10.8. The molecule has 0 amide bonds. The van der Waals surface area contributed by atoms with Gasteiger partial charge in [0.2, 0.25) is 5.82 Å². The maximum Gasteiger partial charge on any atom is 0.204 e. The lowest BCUT2D eigenvalue weighted by atomic mass is 10.1. The molecule has 3 aromatic rings. The largest absolute Gasteiger partial charge is 0.345 e. The Morgan fingerprint density at radius 3 is 2.68 bits per heavy atom. The predicted octanol–water partition coefficient (Wildman–Crippen LogP) is 3.48. The molecule has 0 aliphatic heterocycles. The highest BCUT2D eigenvalue weighted by Gasteiger charge is 2.17. The Hall–Kier alpha value is -2.73. The molecule has 6 nitrogen and oxygen atoms in total. The van der Waals surface area contributed by atoms with Gasteiger partial charge in [0.15, 0.2) is 5.78 Å². The van der Waals surface area contributed by atoms with Crippen molar-refractivity contribution in [2.75, 3.05) is 0 Å². The number of aromatic nitrogens is 5. The summed E-state index contributed by atoms with van der Waals surface area (Å²) in [6.07, 6.45) is 1.81. The molecule has 2 aromatic heterocycles. The molecule has 0 spiro atoms. The van der Waals surface area contributed by atoms with E-state index in [9.17, 15) is 4.79 Å². The molecular formula is C18H18ClN5O. The number of allylic oxidation sites excluding steroid dienone is 1. The monoisotopic (exact) mass is 355 g/mol. The van der Waals surface area contributed by atoms with Crippen LogP contribution in [-0.2, 0) is 13.1 Å². The molecule has 0 bridgehead atoms. The summed E-state index contributed by atoms with van der Waals surface area (Å²) < 4.78 is 2.05. The van der Waals surface area contributed by atoms with Gasteiger partial charge in [-0.2, -0.15) is 4.80 Å². The lowest BCUT2D eigenvalue weighted by molar-refractivity contribution is 0.0960. The molecule has 25 heavy (non-hydrogen) atoms. The van der Waals surface area contributed by atoms with Crippen LogP contribution in [0.4, 0.5) is 0 Å². The van der Waals surface area contributed by atoms with Crippen molar-refractivity contribution in [2.45, 2.75) is 26.9 Å². The number of hydrogen-bond acceptors (Lipinski definition) is 4. The van der Waals surface area contributed by atoms with E-state index >= 15 is 0 Å². The first kappa shape index (κ1) is 17.1. The zero-order valence-corrected chi connectivity index (χ0v) is 14.9. The van der Waals surface area contributed by atoms with Gasteiger partial charge in [0, 0.05) is 34.1 Å². The molecule has 0 aliphatic rings. The van der Waals surface area contributed by atoms with Crippen LogP contribution >= 0.6 is 11.6 Å². The molecule has 3 rings (SSSR count). The second-order valence-electron chi connectivity index (χ2n) is 5.76. The number of halogens is 1. The number of carbonyl (C=O) groups excluding carboxylic acids is 1. The lowest BCUT2D eigenvalue weighted by Gasteiger charge is -2.06. The van der Waals surface area contributed by atoms with E-state index in [4.69, 9.17) is 11.6 Å². The fourth-order valence-corrected chi connectivity index (χ4v) is 2.86. The van der Waals surface area contributed by atoms with Gasteiger partial charge in [-0.25, -0.2) is 0 Å². The average Bonchev–Trinajstić information content (AvgIpc) is 3.15. The van der Waals surface area contributed by atoms with Crippen molar-refractivity contribution in [3.05, 3.63) is 65.0 Å². The molecule has 0 aliphatic carbocycles. The van der Waals surface area contributed by atoms with Crippen molar-refractivity contribution in [1.82, 2.24) is 24.8 Å². The van der Waals surface area contributed by atoms with Crippen LogP contribution in [0.3, 0.4) is 0 Å². The van der Waals surface area contributed by atoms with Crippen molar-refractivity contribution in [1.29, 1.82) is 0 Å². The van der Waals surface area contributed by atoms with E-state index in [1.165, 1.54) is 4.80 Å². The molecule has 0 saturated heterocycles. The lowest BCUT2D eigenvalue weighted by Crippen LogP contribution is -2.14. The standard InChI is InChI=1S/C18H18ClN5O/c1-4-9-23-12(2)10-16(13(23)3)17(25)11-24-21-18(20-22-24)14-5-7-15(19)8-6-14/h4-8,10H,1,9,11H2,2-3H3. The quantitative estimate of drug-likeness (QED) is 0.501. The highest BCUT2D eigenvalue weighted by Crippen LogP contribution is 2.18. The van der Waals surface area contributed by atoms with Gasteiger partial charge in [-0.1, -0.05) is 17.7 Å². The van der Waals surface area contributed by atoms with E-state index in [-0.39, 0.29) is 12.3 Å². The smallest absolute Gasteiger partial charge is 0.204 e. The van der Waals surface area contributed by atoms with Gasteiger partial charge in [-0.05, 0) is 49.4 Å². The number of nitrogens with zero attached hydrogens (tertiary/aromatic N) is 5. The average molecular weight is 356 g/mol. The zero-order valence-electron chi connectivity index (χ0n) is 14.1. The number of carbonyl (C=O) groups is 1. The van der Waals surface area contributed by atoms with Gasteiger partial charge in [0.25, 0.3) is 0 Å². The van der Waals surface area contributed by atoms with Gasteiger partial charge in [-0.3, -0.25) is 4.79 Å². The number of benzene rings is 1. The molecular weight excluding hydrogens is 338 g/mol. The summed E-state index contributed by atoms with van der Waals surface area (Å²) in [7, 11) is 0. The third-order valence-electron chi connectivity index (χ3n) is 4.03. The summed E-state index contributed by atoms with van der Waals surface area (Å²) in [5, 5.41) is 12.9. The summed E-state index contributed by atoms with van der Waals surface area (Å²) in [6.45, 7) is 8.37. The number of tetrazole rings is 1. The maximum atomic E-state index is 12.6. The topological polar surface area (TPSA) is 65.6 Å². The molecule has 7 heteroatoms. The summed E-state index contributed by atoms with van der Waals surface area (Å²) >= 11 is 5.88. The van der Waals surface area contributed by atoms with Gasteiger partial charge in [0.1, 0.15) is 6.54 Å². The van der Waals surface area contributed by atoms with Crippen molar-refractivity contribution in [2.24, 2.45) is 0 Å². The fraction of sp³-hybridized carbons (Fsp3) is 0.222. The van der Waals surface area contributed by atoms with Crippen LogP contribution in [-0.4, -0.2) is 30.6 Å². The minimum atomic E-state index is -0.0523. The first-order valence-electron chi connectivity index (χ1n) is 7.84. The number of hydrogen-bond donors (Lipinski definition) is 0. The van der Waals surface area contributed by atoms with Gasteiger partial charge >= 0.3 is 0 Å². The minimum absolute atomic E-state index is 0.0406. The van der Waals surface area contributed by atoms with Crippen LogP contribution in [0.25, 0.3) is 11.4 Å². The molecule has 0 saturated carbocycles. The Balaban J connectivity index is 1.79. The van der Waals surface area contributed by atoms with E-state index in [1.54, 1.807) is 12.1 Å². The summed E-state index contributed by atoms with van der Waals surface area (Å²) in [4.78, 5) is 13.9. The van der Waals surface area contributed by atoms with Crippen LogP contribution in [0.1, 0.15) is 21.7 Å². The van der Waals surface area contributed by atoms with Crippen LogP contribution in [0, 0.1) is 13.8 Å². The Bertz CT molecular complexity index is 924. The van der Waals surface area contributed by atoms with E-state index in [0.717, 1.165) is 17.0 Å². The molecule has 128 valence electrons. The molecule has 2 heterocycles. The molecule has 0 atom stereocenters. The number of rotatable bonds is 6. The number of Topliss-reactive ketones (excluding diaryl/α,β-unsaturated/α-hetero) is 1. The van der Waals surface area contributed by atoms with Gasteiger partial charge in [-0.15, -0.1) is 16.8 Å². The van der Waals surface area contributed by atoms with Crippen LogP contribution in [0.15, 0.2) is 43.0 Å². The SMILES string of the molecule is C=CCn1c(C)cc(C(=O)Cn2nnc(-c3ccc(Cl)cc3)n2)c1C. The Kier molecular flexibility index (Phi) is 4.81. The van der Waals surface area contributed by atoms with Crippen molar-refractivity contribution < 1.29 is 4.79 Å². The predicted molar refractivity (Wildman–Crippen MR) is 96.7 cm³/mol. The first-order chi connectivity index (χ1) is 12.0. The second kappa shape index (κ2) is 7.03. The van der Waals surface area contributed by atoms with Crippen LogP contribution in [0.2, 0.25) is 5.02 Å². The third kappa shape index (κ3) is 3.53.